The van der Waals surface area contributed by atoms with Crippen LogP contribution in [-0.2, 0) is 10.2 Å². The van der Waals surface area contributed by atoms with E-state index in [2.05, 4.69) is 49.4 Å². The number of hydrogen-bond donors (Lipinski definition) is 0. The Hall–Kier alpha value is -0.580. The number of carbonyl (C=O) groups excluding carboxylic acids is 1. The summed E-state index contributed by atoms with van der Waals surface area (Å²) in [7, 11) is 1.41. The number of carbonyl (C=O) groups is 1. The molecule has 0 aromatic heterocycles. The third kappa shape index (κ3) is 2.75. The maximum absolute atomic E-state index is 11.6. The maximum atomic E-state index is 11.6. The molecule has 0 atom stereocenters. The van der Waals surface area contributed by atoms with Gasteiger partial charge in [0.25, 0.3) is 0 Å². The lowest BCUT2D eigenvalue weighted by Gasteiger charge is -2.21. The summed E-state index contributed by atoms with van der Waals surface area (Å²) in [5.41, 5.74) is 2.98. The third-order valence-corrected chi connectivity index (χ3v) is 3.96. The summed E-state index contributed by atoms with van der Waals surface area (Å²) in [4.78, 5) is 11.6. The zero-order valence-electron chi connectivity index (χ0n) is 10.3. The number of hydrogen-bond acceptors (Lipinski definition) is 2. The average Bonchev–Trinajstić information content (AvgIpc) is 2.19. The van der Waals surface area contributed by atoms with Gasteiger partial charge in [0, 0.05) is 3.57 Å². The van der Waals surface area contributed by atoms with E-state index in [-0.39, 0.29) is 11.4 Å². The molecule has 0 saturated heterocycles. The first-order valence-electron chi connectivity index (χ1n) is 5.16. The summed E-state index contributed by atoms with van der Waals surface area (Å²) in [5.74, 6) is -0.265. The fraction of sp³-hybridized carbons (Fsp3) is 0.462. The highest BCUT2D eigenvalue weighted by Crippen LogP contribution is 2.28. The van der Waals surface area contributed by atoms with E-state index in [9.17, 15) is 4.79 Å². The Morgan fingerprint density at radius 1 is 1.31 bits per heavy atom. The molecule has 0 aliphatic carbocycles. The van der Waals surface area contributed by atoms with Crippen molar-refractivity contribution in [2.75, 3.05) is 7.11 Å². The Balaban J connectivity index is 3.39. The monoisotopic (exact) mass is 332 g/mol. The summed E-state index contributed by atoms with van der Waals surface area (Å²) >= 11 is 2.19. The van der Waals surface area contributed by atoms with Gasteiger partial charge in [-0.25, -0.2) is 4.79 Å². The molecule has 0 amide bonds. The van der Waals surface area contributed by atoms with Crippen molar-refractivity contribution in [1.29, 1.82) is 0 Å². The molecule has 0 bridgehead atoms. The lowest BCUT2D eigenvalue weighted by Crippen LogP contribution is -2.14. The first-order chi connectivity index (χ1) is 7.27. The number of methoxy groups -OCH3 is 1. The van der Waals surface area contributed by atoms with Gasteiger partial charge in [-0.3, -0.25) is 0 Å². The minimum atomic E-state index is -0.265. The van der Waals surface area contributed by atoms with Gasteiger partial charge in [-0.15, -0.1) is 0 Å². The van der Waals surface area contributed by atoms with Gasteiger partial charge in [-0.1, -0.05) is 26.8 Å². The van der Waals surface area contributed by atoms with Crippen LogP contribution in [0.4, 0.5) is 0 Å². The zero-order chi connectivity index (χ0) is 12.5. The van der Waals surface area contributed by atoms with Crippen LogP contribution in [-0.4, -0.2) is 13.1 Å². The summed E-state index contributed by atoms with van der Waals surface area (Å²) in [6, 6.07) is 4.06. The molecule has 0 fully saturated rings. The van der Waals surface area contributed by atoms with Gasteiger partial charge >= 0.3 is 5.97 Å². The minimum Gasteiger partial charge on any atom is -0.465 e. The van der Waals surface area contributed by atoms with Crippen molar-refractivity contribution in [3.05, 3.63) is 32.4 Å². The van der Waals surface area contributed by atoms with Gasteiger partial charge in [0.05, 0.1) is 12.7 Å². The number of esters is 1. The predicted octanol–water partition coefficient (Wildman–Crippen LogP) is 3.68. The smallest absolute Gasteiger partial charge is 0.338 e. The molecule has 2 nitrogen and oxygen atoms in total. The number of ether oxygens (including phenoxy) is 1. The van der Waals surface area contributed by atoms with E-state index in [1.807, 2.05) is 13.0 Å². The van der Waals surface area contributed by atoms with Crippen LogP contribution in [0.1, 0.15) is 42.3 Å². The normalized spacial score (nSPS) is 11.4. The van der Waals surface area contributed by atoms with Crippen molar-refractivity contribution in [2.45, 2.75) is 33.1 Å². The molecular formula is C13H17IO2. The Labute approximate surface area is 111 Å². The van der Waals surface area contributed by atoms with Crippen LogP contribution in [0.3, 0.4) is 0 Å². The van der Waals surface area contributed by atoms with Crippen molar-refractivity contribution >= 4 is 28.6 Å². The summed E-state index contributed by atoms with van der Waals surface area (Å²) in [6.45, 7) is 8.42. The summed E-state index contributed by atoms with van der Waals surface area (Å²) in [6.07, 6.45) is 0. The molecule has 0 saturated carbocycles. The Kier molecular flexibility index (Phi) is 3.99. The van der Waals surface area contributed by atoms with E-state index in [0.717, 1.165) is 14.7 Å². The topological polar surface area (TPSA) is 26.3 Å². The van der Waals surface area contributed by atoms with Crippen molar-refractivity contribution in [1.82, 2.24) is 0 Å². The van der Waals surface area contributed by atoms with Crippen LogP contribution in [0.15, 0.2) is 12.1 Å². The molecule has 0 aliphatic rings. The molecule has 1 rings (SSSR count). The van der Waals surface area contributed by atoms with Gasteiger partial charge in [-0.05, 0) is 52.1 Å². The fourth-order valence-electron chi connectivity index (χ4n) is 1.46. The second-order valence-corrected chi connectivity index (χ2v) is 5.98. The molecule has 1 aromatic carbocycles. The van der Waals surface area contributed by atoms with Gasteiger partial charge < -0.3 is 4.74 Å². The zero-order valence-corrected chi connectivity index (χ0v) is 12.5. The Bertz CT molecular complexity index is 417. The number of rotatable bonds is 1. The van der Waals surface area contributed by atoms with Gasteiger partial charge in [-0.2, -0.15) is 0 Å². The lowest BCUT2D eigenvalue weighted by molar-refractivity contribution is 0.0599. The van der Waals surface area contributed by atoms with E-state index >= 15 is 0 Å². The summed E-state index contributed by atoms with van der Waals surface area (Å²) < 4.78 is 5.77. The lowest BCUT2D eigenvalue weighted by atomic mass is 9.85. The second kappa shape index (κ2) is 4.73. The molecule has 3 heteroatoms. The summed E-state index contributed by atoms with van der Waals surface area (Å²) in [5, 5.41) is 0. The molecule has 88 valence electrons. The van der Waals surface area contributed by atoms with Crippen molar-refractivity contribution in [2.24, 2.45) is 0 Å². The van der Waals surface area contributed by atoms with Gasteiger partial charge in [0.1, 0.15) is 0 Å². The number of aryl methyl sites for hydroxylation is 1. The van der Waals surface area contributed by atoms with Crippen LogP contribution in [0, 0.1) is 10.5 Å². The SMILES string of the molecule is COC(=O)c1cc(C(C)(C)C)cc(C)c1I. The van der Waals surface area contributed by atoms with E-state index in [0.29, 0.717) is 5.56 Å². The van der Waals surface area contributed by atoms with Crippen LogP contribution in [0.2, 0.25) is 0 Å². The minimum absolute atomic E-state index is 0.0396. The van der Waals surface area contributed by atoms with E-state index in [1.54, 1.807) is 0 Å². The van der Waals surface area contributed by atoms with Crippen LogP contribution in [0.25, 0.3) is 0 Å². The largest absolute Gasteiger partial charge is 0.465 e. The highest BCUT2D eigenvalue weighted by Gasteiger charge is 2.19. The van der Waals surface area contributed by atoms with Crippen LogP contribution in [0.5, 0.6) is 0 Å². The standard InChI is InChI=1S/C13H17IO2/c1-8-6-9(13(2,3)4)7-10(11(8)14)12(15)16-5/h6-7H,1-5H3. The first-order valence-corrected chi connectivity index (χ1v) is 6.24. The maximum Gasteiger partial charge on any atom is 0.338 e. The Morgan fingerprint density at radius 3 is 2.31 bits per heavy atom. The molecule has 0 N–H and O–H groups in total. The van der Waals surface area contributed by atoms with E-state index in [1.165, 1.54) is 7.11 Å². The average molecular weight is 332 g/mol. The molecule has 0 spiro atoms. The van der Waals surface area contributed by atoms with Crippen molar-refractivity contribution < 1.29 is 9.53 Å². The second-order valence-electron chi connectivity index (χ2n) is 4.90. The number of halogens is 1. The molecule has 0 heterocycles. The highest BCUT2D eigenvalue weighted by molar-refractivity contribution is 14.1. The molecule has 0 aliphatic heterocycles. The van der Waals surface area contributed by atoms with E-state index in [4.69, 9.17) is 4.74 Å². The molecule has 0 radical (unpaired) electrons. The van der Waals surface area contributed by atoms with Crippen LogP contribution < -0.4 is 0 Å². The van der Waals surface area contributed by atoms with Gasteiger partial charge in [0.15, 0.2) is 0 Å². The van der Waals surface area contributed by atoms with Gasteiger partial charge in [0.2, 0.25) is 0 Å². The molecule has 16 heavy (non-hydrogen) atoms. The third-order valence-electron chi connectivity index (χ3n) is 2.53. The number of benzene rings is 1. The highest BCUT2D eigenvalue weighted by atomic mass is 127. The van der Waals surface area contributed by atoms with Crippen molar-refractivity contribution in [3.63, 3.8) is 0 Å². The predicted molar refractivity (Wildman–Crippen MR) is 73.9 cm³/mol. The quantitative estimate of drug-likeness (QED) is 0.579. The van der Waals surface area contributed by atoms with E-state index < -0.39 is 0 Å². The molecule has 1 aromatic rings. The van der Waals surface area contributed by atoms with Crippen LogP contribution >= 0.6 is 22.6 Å². The molecule has 0 unspecified atom stereocenters. The molecular weight excluding hydrogens is 315 g/mol. The Morgan fingerprint density at radius 2 is 1.88 bits per heavy atom. The first kappa shape index (κ1) is 13.5. The van der Waals surface area contributed by atoms with Crippen molar-refractivity contribution in [3.8, 4) is 0 Å². The fourth-order valence-corrected chi connectivity index (χ4v) is 1.99.